The Hall–Kier alpha value is -1.76. The Morgan fingerprint density at radius 3 is 3.00 bits per heavy atom. The highest BCUT2D eigenvalue weighted by atomic mass is 32.1. The molecule has 6 nitrogen and oxygen atoms in total. The first-order valence-corrected chi connectivity index (χ1v) is 6.09. The number of amides is 1. The van der Waals surface area contributed by atoms with E-state index < -0.39 is 0 Å². The van der Waals surface area contributed by atoms with Gasteiger partial charge in [-0.3, -0.25) is 15.2 Å². The third-order valence-electron chi connectivity index (χ3n) is 2.03. The number of hydrogen-bond donors (Lipinski definition) is 2. The van der Waals surface area contributed by atoms with Gasteiger partial charge < -0.3 is 0 Å². The van der Waals surface area contributed by atoms with Crippen LogP contribution in [0.25, 0.3) is 0 Å². The zero-order chi connectivity index (χ0) is 12.3. The number of H-pyrrole nitrogens is 1. The van der Waals surface area contributed by atoms with Crippen molar-refractivity contribution in [1.29, 1.82) is 0 Å². The first-order valence-electron chi connectivity index (χ1n) is 5.27. The van der Waals surface area contributed by atoms with Crippen LogP contribution < -0.4 is 5.32 Å². The van der Waals surface area contributed by atoms with Crippen molar-refractivity contribution >= 4 is 22.4 Å². The molecule has 0 aliphatic carbocycles. The molecule has 2 aromatic rings. The molecule has 0 aromatic carbocycles. The molecule has 0 spiro atoms. The quantitative estimate of drug-likeness (QED) is 0.866. The Morgan fingerprint density at radius 1 is 1.53 bits per heavy atom. The Morgan fingerprint density at radius 2 is 2.35 bits per heavy atom. The molecule has 2 aromatic heterocycles. The summed E-state index contributed by atoms with van der Waals surface area (Å²) in [4.78, 5) is 11.7. The van der Waals surface area contributed by atoms with Crippen LogP contribution >= 0.6 is 11.3 Å². The molecule has 0 aliphatic heterocycles. The second-order valence-electron chi connectivity index (χ2n) is 4.04. The minimum atomic E-state index is -0.231. The second kappa shape index (κ2) is 5.05. The average molecular weight is 251 g/mol. The van der Waals surface area contributed by atoms with Crippen molar-refractivity contribution in [2.24, 2.45) is 5.92 Å². The fourth-order valence-electron chi connectivity index (χ4n) is 1.28. The summed E-state index contributed by atoms with van der Waals surface area (Å²) in [6.07, 6.45) is 3.87. The highest BCUT2D eigenvalue weighted by molar-refractivity contribution is 7.15. The van der Waals surface area contributed by atoms with Crippen molar-refractivity contribution in [1.82, 2.24) is 20.4 Å². The smallest absolute Gasteiger partial charge is 0.260 e. The van der Waals surface area contributed by atoms with Crippen LogP contribution in [-0.2, 0) is 6.42 Å². The van der Waals surface area contributed by atoms with Crippen LogP contribution in [-0.4, -0.2) is 26.3 Å². The van der Waals surface area contributed by atoms with Crippen LogP contribution in [0.15, 0.2) is 12.4 Å². The minimum Gasteiger partial charge on any atom is -0.296 e. The van der Waals surface area contributed by atoms with E-state index >= 15 is 0 Å². The van der Waals surface area contributed by atoms with Gasteiger partial charge in [-0.1, -0.05) is 25.2 Å². The molecule has 0 aliphatic rings. The van der Waals surface area contributed by atoms with E-state index in [0.29, 0.717) is 16.6 Å². The summed E-state index contributed by atoms with van der Waals surface area (Å²) in [5.41, 5.74) is 0.477. The highest BCUT2D eigenvalue weighted by Gasteiger charge is 2.11. The summed E-state index contributed by atoms with van der Waals surface area (Å²) in [7, 11) is 0. The van der Waals surface area contributed by atoms with Gasteiger partial charge in [0.2, 0.25) is 5.13 Å². The topological polar surface area (TPSA) is 83.6 Å². The normalized spacial score (nSPS) is 10.8. The highest BCUT2D eigenvalue weighted by Crippen LogP contribution is 2.18. The second-order valence-corrected chi connectivity index (χ2v) is 5.10. The minimum absolute atomic E-state index is 0.231. The van der Waals surface area contributed by atoms with Gasteiger partial charge in [-0.15, -0.1) is 10.2 Å². The van der Waals surface area contributed by atoms with E-state index in [-0.39, 0.29) is 5.91 Å². The Kier molecular flexibility index (Phi) is 3.48. The maximum absolute atomic E-state index is 11.7. The molecule has 0 unspecified atom stereocenters. The largest absolute Gasteiger partial charge is 0.296 e. The van der Waals surface area contributed by atoms with E-state index in [9.17, 15) is 4.79 Å². The number of hydrogen-bond acceptors (Lipinski definition) is 5. The number of nitrogens with one attached hydrogen (secondary N) is 2. The van der Waals surface area contributed by atoms with Gasteiger partial charge in [-0.25, -0.2) is 0 Å². The van der Waals surface area contributed by atoms with Crippen molar-refractivity contribution < 1.29 is 4.79 Å². The Bertz CT molecular complexity index is 491. The Labute approximate surface area is 102 Å². The van der Waals surface area contributed by atoms with Crippen LogP contribution in [0, 0.1) is 5.92 Å². The van der Waals surface area contributed by atoms with Crippen molar-refractivity contribution in [3.63, 3.8) is 0 Å². The van der Waals surface area contributed by atoms with Crippen molar-refractivity contribution in [3.05, 3.63) is 23.0 Å². The number of carbonyl (C=O) groups excluding carboxylic acids is 1. The van der Waals surface area contributed by atoms with Gasteiger partial charge in [-0.2, -0.15) is 5.10 Å². The SMILES string of the molecule is CC(C)Cc1nnc(NC(=O)c2cn[nH]c2)s1. The molecule has 0 saturated heterocycles. The fraction of sp³-hybridized carbons (Fsp3) is 0.400. The van der Waals surface area contributed by atoms with Gasteiger partial charge >= 0.3 is 0 Å². The van der Waals surface area contributed by atoms with Crippen molar-refractivity contribution in [3.8, 4) is 0 Å². The fourth-order valence-corrected chi connectivity index (χ4v) is 2.23. The lowest BCUT2D eigenvalue weighted by atomic mass is 10.1. The molecule has 2 N–H and O–H groups in total. The molecule has 0 atom stereocenters. The van der Waals surface area contributed by atoms with Gasteiger partial charge in [0.25, 0.3) is 5.91 Å². The van der Waals surface area contributed by atoms with Crippen molar-refractivity contribution in [2.45, 2.75) is 20.3 Å². The third kappa shape index (κ3) is 3.10. The summed E-state index contributed by atoms with van der Waals surface area (Å²) in [5, 5.41) is 18.4. The van der Waals surface area contributed by atoms with Crippen molar-refractivity contribution in [2.75, 3.05) is 5.32 Å². The molecule has 0 saturated carbocycles. The lowest BCUT2D eigenvalue weighted by molar-refractivity contribution is 0.102. The summed E-state index contributed by atoms with van der Waals surface area (Å²) >= 11 is 1.40. The first-order chi connectivity index (χ1) is 8.15. The Balaban J connectivity index is 1.99. The molecular weight excluding hydrogens is 238 g/mol. The van der Waals surface area contributed by atoms with Crippen LogP contribution in [0.4, 0.5) is 5.13 Å². The number of carbonyl (C=O) groups is 1. The van der Waals surface area contributed by atoms with Crippen LogP contribution in [0.2, 0.25) is 0 Å². The lowest BCUT2D eigenvalue weighted by Gasteiger charge is -1.98. The van der Waals surface area contributed by atoms with Gasteiger partial charge in [0.1, 0.15) is 5.01 Å². The monoisotopic (exact) mass is 251 g/mol. The van der Waals surface area contributed by atoms with Gasteiger partial charge in [0, 0.05) is 12.6 Å². The molecule has 1 amide bonds. The van der Waals surface area contributed by atoms with Gasteiger partial charge in [0.05, 0.1) is 11.8 Å². The standard InChI is InChI=1S/C10H13N5OS/c1-6(2)3-8-14-15-10(17-8)13-9(16)7-4-11-12-5-7/h4-6H,3H2,1-2H3,(H,11,12)(H,13,15,16). The zero-order valence-corrected chi connectivity index (χ0v) is 10.4. The van der Waals surface area contributed by atoms with E-state index in [2.05, 4.69) is 39.6 Å². The zero-order valence-electron chi connectivity index (χ0n) is 9.60. The van der Waals surface area contributed by atoms with E-state index in [1.54, 1.807) is 0 Å². The molecule has 0 radical (unpaired) electrons. The maximum Gasteiger partial charge on any atom is 0.260 e. The molecule has 0 fully saturated rings. The molecular formula is C10H13N5OS. The average Bonchev–Trinajstić information content (AvgIpc) is 2.87. The number of aromatic nitrogens is 4. The van der Waals surface area contributed by atoms with Gasteiger partial charge in [0.15, 0.2) is 0 Å². The number of rotatable bonds is 4. The lowest BCUT2D eigenvalue weighted by Crippen LogP contribution is -2.10. The molecule has 0 bridgehead atoms. The van der Waals surface area contributed by atoms with E-state index in [1.807, 2.05) is 0 Å². The third-order valence-corrected chi connectivity index (χ3v) is 2.89. The maximum atomic E-state index is 11.7. The molecule has 7 heteroatoms. The summed E-state index contributed by atoms with van der Waals surface area (Å²) < 4.78 is 0. The predicted octanol–water partition coefficient (Wildman–Crippen LogP) is 1.71. The predicted molar refractivity (Wildman–Crippen MR) is 65.0 cm³/mol. The number of anilines is 1. The number of nitrogens with zero attached hydrogens (tertiary/aromatic N) is 3. The van der Waals surface area contributed by atoms with Crippen LogP contribution in [0.3, 0.4) is 0 Å². The molecule has 17 heavy (non-hydrogen) atoms. The summed E-state index contributed by atoms with van der Waals surface area (Å²) in [6.45, 7) is 4.23. The van der Waals surface area contributed by atoms with Crippen LogP contribution in [0.1, 0.15) is 29.2 Å². The van der Waals surface area contributed by atoms with E-state index in [4.69, 9.17) is 0 Å². The summed E-state index contributed by atoms with van der Waals surface area (Å²) in [6, 6.07) is 0. The summed E-state index contributed by atoms with van der Waals surface area (Å²) in [5.74, 6) is 0.298. The van der Waals surface area contributed by atoms with Crippen LogP contribution in [0.5, 0.6) is 0 Å². The molecule has 90 valence electrons. The number of aromatic amines is 1. The van der Waals surface area contributed by atoms with Gasteiger partial charge in [-0.05, 0) is 5.92 Å². The first kappa shape index (κ1) is 11.7. The van der Waals surface area contributed by atoms with E-state index in [1.165, 1.54) is 23.7 Å². The van der Waals surface area contributed by atoms with E-state index in [0.717, 1.165) is 11.4 Å². The molecule has 2 rings (SSSR count). The molecule has 2 heterocycles.